The lowest BCUT2D eigenvalue weighted by Crippen LogP contribution is -2.48. The molecular weight excluding hydrogens is 162 g/mol. The number of hydrogen-bond acceptors (Lipinski definition) is 2. The highest BCUT2D eigenvalue weighted by Crippen LogP contribution is 2.33. The van der Waals surface area contributed by atoms with Gasteiger partial charge in [0.05, 0.1) is 6.61 Å². The fraction of sp³-hybridized carbons (Fsp3) is 1.00. The van der Waals surface area contributed by atoms with Gasteiger partial charge in [0.2, 0.25) is 0 Å². The zero-order valence-corrected chi connectivity index (χ0v) is 9.09. The highest BCUT2D eigenvalue weighted by atomic mass is 16.3. The second-order valence-electron chi connectivity index (χ2n) is 4.63. The molecule has 0 aromatic heterocycles. The van der Waals surface area contributed by atoms with Crippen LogP contribution in [0.3, 0.4) is 0 Å². The van der Waals surface area contributed by atoms with Gasteiger partial charge >= 0.3 is 0 Å². The summed E-state index contributed by atoms with van der Waals surface area (Å²) in [7, 11) is 0. The van der Waals surface area contributed by atoms with E-state index in [9.17, 15) is 0 Å². The van der Waals surface area contributed by atoms with Crippen molar-refractivity contribution in [2.24, 2.45) is 11.8 Å². The van der Waals surface area contributed by atoms with Crippen LogP contribution in [-0.2, 0) is 0 Å². The summed E-state index contributed by atoms with van der Waals surface area (Å²) in [5.74, 6) is 1.74. The molecule has 2 nitrogen and oxygen atoms in total. The van der Waals surface area contributed by atoms with Gasteiger partial charge in [-0.2, -0.15) is 0 Å². The molecule has 1 fully saturated rings. The predicted octanol–water partition coefficient (Wildman–Crippen LogP) is 1.78. The number of rotatable bonds is 5. The zero-order valence-electron chi connectivity index (χ0n) is 9.09. The summed E-state index contributed by atoms with van der Waals surface area (Å²) >= 11 is 0. The normalized spacial score (nSPS) is 30.2. The Morgan fingerprint density at radius 1 is 1.38 bits per heavy atom. The molecule has 0 aromatic rings. The van der Waals surface area contributed by atoms with Gasteiger partial charge in [-0.3, -0.25) is 0 Å². The van der Waals surface area contributed by atoms with Gasteiger partial charge in [0.1, 0.15) is 0 Å². The van der Waals surface area contributed by atoms with Crippen molar-refractivity contribution in [3.63, 3.8) is 0 Å². The van der Waals surface area contributed by atoms with Gasteiger partial charge in [0, 0.05) is 12.1 Å². The molecule has 1 aliphatic carbocycles. The van der Waals surface area contributed by atoms with Crippen LogP contribution in [0.25, 0.3) is 0 Å². The molecule has 1 rings (SSSR count). The Bertz CT molecular complexity index is 137. The molecule has 1 aliphatic rings. The van der Waals surface area contributed by atoms with E-state index < -0.39 is 0 Å². The standard InChI is InChI=1S/C11H23NO/c1-4-10(7-13)12-11-5-9(6-11)8(2)3/h8-13H,4-7H2,1-3H3/t9?,10-,11?/m1/s1. The van der Waals surface area contributed by atoms with Gasteiger partial charge in [-0.15, -0.1) is 0 Å². The second kappa shape index (κ2) is 4.97. The third-order valence-corrected chi connectivity index (χ3v) is 3.30. The molecule has 0 radical (unpaired) electrons. The van der Waals surface area contributed by atoms with E-state index in [4.69, 9.17) is 5.11 Å². The first-order chi connectivity index (χ1) is 6.17. The van der Waals surface area contributed by atoms with E-state index in [1.54, 1.807) is 0 Å². The van der Waals surface area contributed by atoms with Crippen molar-refractivity contribution in [2.75, 3.05) is 6.61 Å². The molecule has 2 N–H and O–H groups in total. The van der Waals surface area contributed by atoms with Crippen LogP contribution >= 0.6 is 0 Å². The van der Waals surface area contributed by atoms with Gasteiger partial charge in [-0.25, -0.2) is 0 Å². The highest BCUT2D eigenvalue weighted by molar-refractivity contribution is 4.88. The zero-order chi connectivity index (χ0) is 9.84. The summed E-state index contributed by atoms with van der Waals surface area (Å²) in [6, 6.07) is 0.989. The van der Waals surface area contributed by atoms with Crippen molar-refractivity contribution in [1.82, 2.24) is 5.32 Å². The Morgan fingerprint density at radius 3 is 2.38 bits per heavy atom. The lowest BCUT2D eigenvalue weighted by molar-refractivity contribution is 0.136. The smallest absolute Gasteiger partial charge is 0.0584 e. The average Bonchev–Trinajstić information content (AvgIpc) is 2.02. The minimum absolute atomic E-state index is 0.277. The number of hydrogen-bond donors (Lipinski definition) is 2. The van der Waals surface area contributed by atoms with Crippen LogP contribution in [0.1, 0.15) is 40.0 Å². The quantitative estimate of drug-likeness (QED) is 0.684. The molecule has 1 saturated carbocycles. The minimum atomic E-state index is 0.277. The van der Waals surface area contributed by atoms with Crippen molar-refractivity contribution in [1.29, 1.82) is 0 Å². The molecule has 0 saturated heterocycles. The van der Waals surface area contributed by atoms with Gasteiger partial charge in [0.15, 0.2) is 0 Å². The summed E-state index contributed by atoms with van der Waals surface area (Å²) in [6.07, 6.45) is 3.63. The summed E-state index contributed by atoms with van der Waals surface area (Å²) < 4.78 is 0. The molecule has 0 unspecified atom stereocenters. The van der Waals surface area contributed by atoms with E-state index in [-0.39, 0.29) is 6.61 Å². The Kier molecular flexibility index (Phi) is 4.20. The minimum Gasteiger partial charge on any atom is -0.395 e. The summed E-state index contributed by atoms with van der Waals surface area (Å²) in [6.45, 7) is 6.99. The fourth-order valence-electron chi connectivity index (χ4n) is 1.98. The topological polar surface area (TPSA) is 32.3 Å². The average molecular weight is 185 g/mol. The number of aliphatic hydroxyl groups is 1. The largest absolute Gasteiger partial charge is 0.395 e. The summed E-state index contributed by atoms with van der Waals surface area (Å²) in [4.78, 5) is 0. The van der Waals surface area contributed by atoms with Gasteiger partial charge in [0.25, 0.3) is 0 Å². The molecule has 0 heterocycles. The first kappa shape index (κ1) is 11.0. The van der Waals surface area contributed by atoms with Crippen LogP contribution in [-0.4, -0.2) is 23.8 Å². The van der Waals surface area contributed by atoms with Gasteiger partial charge in [-0.1, -0.05) is 20.8 Å². The lowest BCUT2D eigenvalue weighted by atomic mass is 9.73. The van der Waals surface area contributed by atoms with Crippen LogP contribution in [0.4, 0.5) is 0 Å². The lowest BCUT2D eigenvalue weighted by Gasteiger charge is -2.40. The van der Waals surface area contributed by atoms with E-state index >= 15 is 0 Å². The molecule has 2 heteroatoms. The molecular formula is C11H23NO. The fourth-order valence-corrected chi connectivity index (χ4v) is 1.98. The second-order valence-corrected chi connectivity index (χ2v) is 4.63. The van der Waals surface area contributed by atoms with Crippen LogP contribution in [0, 0.1) is 11.8 Å². The Hall–Kier alpha value is -0.0800. The predicted molar refractivity (Wildman–Crippen MR) is 55.7 cm³/mol. The van der Waals surface area contributed by atoms with E-state index in [1.807, 2.05) is 0 Å². The van der Waals surface area contributed by atoms with Crippen molar-refractivity contribution < 1.29 is 5.11 Å². The Balaban J connectivity index is 2.13. The van der Waals surface area contributed by atoms with E-state index in [0.29, 0.717) is 12.1 Å². The van der Waals surface area contributed by atoms with Crippen molar-refractivity contribution >= 4 is 0 Å². The van der Waals surface area contributed by atoms with Crippen LogP contribution < -0.4 is 5.32 Å². The van der Waals surface area contributed by atoms with E-state index in [1.165, 1.54) is 12.8 Å². The first-order valence-corrected chi connectivity index (χ1v) is 5.54. The first-order valence-electron chi connectivity index (χ1n) is 5.54. The third-order valence-electron chi connectivity index (χ3n) is 3.30. The molecule has 13 heavy (non-hydrogen) atoms. The highest BCUT2D eigenvalue weighted by Gasteiger charge is 2.31. The molecule has 0 amide bonds. The maximum Gasteiger partial charge on any atom is 0.0584 e. The van der Waals surface area contributed by atoms with Gasteiger partial charge < -0.3 is 10.4 Å². The molecule has 1 atom stereocenters. The van der Waals surface area contributed by atoms with Gasteiger partial charge in [-0.05, 0) is 31.1 Å². The number of aliphatic hydroxyl groups excluding tert-OH is 1. The number of nitrogens with one attached hydrogen (secondary N) is 1. The SMILES string of the molecule is CC[C@H](CO)NC1CC(C(C)C)C1. The van der Waals surface area contributed by atoms with Crippen molar-refractivity contribution in [3.05, 3.63) is 0 Å². The van der Waals surface area contributed by atoms with Crippen LogP contribution in [0.2, 0.25) is 0 Å². The third kappa shape index (κ3) is 2.96. The maximum atomic E-state index is 9.01. The Morgan fingerprint density at radius 2 is 2.00 bits per heavy atom. The monoisotopic (exact) mass is 185 g/mol. The molecule has 78 valence electrons. The van der Waals surface area contributed by atoms with Crippen LogP contribution in [0.5, 0.6) is 0 Å². The van der Waals surface area contributed by atoms with Crippen LogP contribution in [0.15, 0.2) is 0 Å². The summed E-state index contributed by atoms with van der Waals surface area (Å²) in [5, 5.41) is 12.5. The van der Waals surface area contributed by atoms with Crippen molar-refractivity contribution in [3.8, 4) is 0 Å². The molecule has 0 spiro atoms. The molecule has 0 aliphatic heterocycles. The van der Waals surface area contributed by atoms with E-state index in [2.05, 4.69) is 26.1 Å². The Labute approximate surface area is 81.7 Å². The summed E-state index contributed by atoms with van der Waals surface area (Å²) in [5.41, 5.74) is 0. The maximum absolute atomic E-state index is 9.01. The molecule has 0 aromatic carbocycles. The van der Waals surface area contributed by atoms with Crippen molar-refractivity contribution in [2.45, 2.75) is 52.1 Å². The van der Waals surface area contributed by atoms with E-state index in [0.717, 1.165) is 18.3 Å². The molecule has 0 bridgehead atoms.